The van der Waals surface area contributed by atoms with E-state index in [1.807, 2.05) is 13.8 Å². The summed E-state index contributed by atoms with van der Waals surface area (Å²) >= 11 is 0.946. The summed E-state index contributed by atoms with van der Waals surface area (Å²) in [6.07, 6.45) is 0.854. The van der Waals surface area contributed by atoms with E-state index in [-0.39, 0.29) is 40.2 Å². The molecule has 0 unspecified atom stereocenters. The van der Waals surface area contributed by atoms with Gasteiger partial charge in [-0.25, -0.2) is 22.6 Å². The maximum absolute atomic E-state index is 14.5. The maximum Gasteiger partial charge on any atom is 0.360 e. The van der Waals surface area contributed by atoms with E-state index in [1.54, 1.807) is 24.3 Å². The lowest BCUT2D eigenvalue weighted by atomic mass is 10.2. The van der Waals surface area contributed by atoms with Crippen molar-refractivity contribution in [3.63, 3.8) is 0 Å². The van der Waals surface area contributed by atoms with Crippen LogP contribution in [0.1, 0.15) is 35.5 Å². The van der Waals surface area contributed by atoms with Crippen LogP contribution < -0.4 is 9.04 Å². The first-order chi connectivity index (χ1) is 16.7. The van der Waals surface area contributed by atoms with Crippen molar-refractivity contribution < 1.29 is 32.3 Å². The van der Waals surface area contributed by atoms with Gasteiger partial charge in [0.25, 0.3) is 10.0 Å². The Bertz CT molecular complexity index is 1310. The smallest absolute Gasteiger partial charge is 0.360 e. The topological polar surface area (TPSA) is 118 Å². The summed E-state index contributed by atoms with van der Waals surface area (Å²) in [5, 5.41) is 11.5. The predicted molar refractivity (Wildman–Crippen MR) is 129 cm³/mol. The van der Waals surface area contributed by atoms with E-state index in [1.165, 1.54) is 24.8 Å². The molecule has 0 atom stereocenters. The van der Waals surface area contributed by atoms with Gasteiger partial charge >= 0.3 is 5.97 Å². The zero-order valence-corrected chi connectivity index (χ0v) is 20.8. The number of aromatic nitrogens is 1. The highest BCUT2D eigenvalue weighted by Gasteiger charge is 2.32. The van der Waals surface area contributed by atoms with Crippen LogP contribution in [0.2, 0.25) is 0 Å². The molecular weight excluding hydrogens is 497 g/mol. The Labute approximate surface area is 206 Å². The molecule has 0 spiro atoms. The average Bonchev–Trinajstić information content (AvgIpc) is 3.32. The summed E-state index contributed by atoms with van der Waals surface area (Å²) in [6, 6.07) is 9.90. The highest BCUT2D eigenvalue weighted by molar-refractivity contribution is 7.93. The van der Waals surface area contributed by atoms with Crippen LogP contribution in [0.4, 0.5) is 9.39 Å². The van der Waals surface area contributed by atoms with Gasteiger partial charge in [-0.2, -0.15) is 0 Å². The molecule has 0 aliphatic rings. The number of sulfonamides is 1. The Morgan fingerprint density at radius 3 is 2.57 bits per heavy atom. The number of oxime groups is 1. The van der Waals surface area contributed by atoms with E-state index >= 15 is 0 Å². The molecule has 0 bridgehead atoms. The van der Waals surface area contributed by atoms with Crippen molar-refractivity contribution in [2.75, 3.05) is 18.0 Å². The number of nitrogens with zero attached hydrogens (tertiary/aromatic N) is 3. The molecule has 3 rings (SSSR count). The lowest BCUT2D eigenvalue weighted by molar-refractivity contribution is 0.0454. The summed E-state index contributed by atoms with van der Waals surface area (Å²) in [4.78, 5) is 16.4. The van der Waals surface area contributed by atoms with Gasteiger partial charge in [-0.1, -0.05) is 31.1 Å². The Hall–Kier alpha value is -3.51. The number of esters is 1. The summed E-state index contributed by atoms with van der Waals surface area (Å²) in [6.45, 7) is 3.71. The third-order valence-electron chi connectivity index (χ3n) is 4.76. The Kier molecular flexibility index (Phi) is 8.41. The van der Waals surface area contributed by atoms with Gasteiger partial charge in [-0.3, -0.25) is 4.31 Å². The monoisotopic (exact) mass is 521 g/mol. The molecule has 0 aliphatic heterocycles. The maximum atomic E-state index is 14.5. The minimum absolute atomic E-state index is 0.0379. The van der Waals surface area contributed by atoms with Crippen LogP contribution in [-0.4, -0.2) is 44.5 Å². The van der Waals surface area contributed by atoms with Crippen LogP contribution in [0.15, 0.2) is 58.0 Å². The molecule has 1 aromatic heterocycles. The zero-order valence-electron chi connectivity index (χ0n) is 19.2. The van der Waals surface area contributed by atoms with Crippen LogP contribution in [0.3, 0.4) is 0 Å². The zero-order chi connectivity index (χ0) is 25.6. The van der Waals surface area contributed by atoms with Crippen molar-refractivity contribution >= 4 is 38.5 Å². The van der Waals surface area contributed by atoms with Crippen molar-refractivity contribution in [2.45, 2.75) is 25.3 Å². The highest BCUT2D eigenvalue weighted by Crippen LogP contribution is 2.33. The number of halogens is 1. The summed E-state index contributed by atoms with van der Waals surface area (Å²) in [5.41, 5.74) is 1.69. The number of anilines is 1. The van der Waals surface area contributed by atoms with E-state index in [4.69, 9.17) is 14.7 Å². The van der Waals surface area contributed by atoms with Gasteiger partial charge in [0, 0.05) is 5.56 Å². The highest BCUT2D eigenvalue weighted by atomic mass is 32.2. The first-order valence-electron chi connectivity index (χ1n) is 10.4. The van der Waals surface area contributed by atoms with E-state index < -0.39 is 21.8 Å². The van der Waals surface area contributed by atoms with Crippen molar-refractivity contribution in [1.29, 1.82) is 0 Å². The lowest BCUT2D eigenvalue weighted by Crippen LogP contribution is -2.31. The van der Waals surface area contributed by atoms with Crippen LogP contribution in [0.25, 0.3) is 0 Å². The minimum Gasteiger partial charge on any atom is -0.497 e. The second-order valence-electron chi connectivity index (χ2n) is 7.79. The molecule has 186 valence electrons. The number of ether oxygens (including phenoxy) is 2. The molecule has 3 aromatic rings. The van der Waals surface area contributed by atoms with Crippen molar-refractivity contribution in [3.05, 3.63) is 70.6 Å². The molecule has 0 radical (unpaired) electrons. The average molecular weight is 522 g/mol. The normalized spacial score (nSPS) is 11.7. The summed E-state index contributed by atoms with van der Waals surface area (Å²) in [5.74, 6) is -0.995. The molecule has 12 heteroatoms. The largest absolute Gasteiger partial charge is 0.497 e. The molecular formula is C23H24FN3O6S2. The van der Waals surface area contributed by atoms with Gasteiger partial charge in [-0.05, 0) is 41.8 Å². The molecule has 0 fully saturated rings. The number of methoxy groups -OCH3 is 1. The second-order valence-corrected chi connectivity index (χ2v) is 10.5. The molecule has 9 nitrogen and oxygen atoms in total. The quantitative estimate of drug-likeness (QED) is 0.183. The third kappa shape index (κ3) is 6.14. The lowest BCUT2D eigenvalue weighted by Gasteiger charge is -2.24. The Morgan fingerprint density at radius 2 is 1.97 bits per heavy atom. The van der Waals surface area contributed by atoms with Crippen molar-refractivity contribution in [1.82, 2.24) is 4.98 Å². The molecule has 0 saturated heterocycles. The number of benzene rings is 2. The first kappa shape index (κ1) is 26.1. The fourth-order valence-corrected chi connectivity index (χ4v) is 5.47. The van der Waals surface area contributed by atoms with Crippen molar-refractivity contribution in [2.24, 2.45) is 11.1 Å². The van der Waals surface area contributed by atoms with Gasteiger partial charge in [-0.15, -0.1) is 11.3 Å². The van der Waals surface area contributed by atoms with Gasteiger partial charge in [0.1, 0.15) is 16.6 Å². The SMILES string of the molecule is COc1ccc(CN(c2scnc2C(=O)OCC(C)C)S(=O)(=O)c2ccc(/C=N/O)c(F)c2)cc1. The van der Waals surface area contributed by atoms with E-state index in [2.05, 4.69) is 10.1 Å². The molecule has 2 aromatic carbocycles. The van der Waals surface area contributed by atoms with Crippen LogP contribution >= 0.6 is 11.3 Å². The third-order valence-corrected chi connectivity index (χ3v) is 7.46. The molecule has 0 saturated carbocycles. The van der Waals surface area contributed by atoms with Crippen LogP contribution in [0, 0.1) is 11.7 Å². The van der Waals surface area contributed by atoms with Crippen molar-refractivity contribution in [3.8, 4) is 5.75 Å². The molecule has 35 heavy (non-hydrogen) atoms. The Balaban J connectivity index is 2.08. The van der Waals surface area contributed by atoms with E-state index in [0.29, 0.717) is 11.3 Å². The van der Waals surface area contributed by atoms with Crippen LogP contribution in [-0.2, 0) is 21.3 Å². The number of carbonyl (C=O) groups excluding carboxylic acids is 1. The molecule has 0 amide bonds. The standard InChI is InChI=1S/C23H24FN3O6S2/c1-15(2)13-33-23(28)21-22(34-14-25-21)27(12-16-4-7-18(32-3)8-5-16)35(30,31)19-9-6-17(11-26-29)20(24)10-19/h4-11,14-15,29H,12-13H2,1-3H3/b26-11+. The van der Waals surface area contributed by atoms with Crippen LogP contribution in [0.5, 0.6) is 5.75 Å². The van der Waals surface area contributed by atoms with E-state index in [9.17, 15) is 17.6 Å². The fraction of sp³-hybridized carbons (Fsp3) is 0.261. The fourth-order valence-electron chi connectivity index (χ4n) is 2.99. The summed E-state index contributed by atoms with van der Waals surface area (Å²) < 4.78 is 53.3. The minimum atomic E-state index is -4.36. The number of rotatable bonds is 10. The van der Waals surface area contributed by atoms with Gasteiger partial charge in [0.15, 0.2) is 5.69 Å². The van der Waals surface area contributed by atoms with Gasteiger partial charge in [0.2, 0.25) is 0 Å². The predicted octanol–water partition coefficient (Wildman–Crippen LogP) is 4.31. The number of hydrogen-bond donors (Lipinski definition) is 1. The van der Waals surface area contributed by atoms with Gasteiger partial charge < -0.3 is 14.7 Å². The van der Waals surface area contributed by atoms with E-state index in [0.717, 1.165) is 27.9 Å². The number of hydrogen-bond acceptors (Lipinski definition) is 9. The van der Waals surface area contributed by atoms with Gasteiger partial charge in [0.05, 0.1) is 36.9 Å². The molecule has 1 heterocycles. The molecule has 0 aliphatic carbocycles. The Morgan fingerprint density at radius 1 is 1.26 bits per heavy atom. The number of thiazole rings is 1. The first-order valence-corrected chi connectivity index (χ1v) is 12.7. The molecule has 1 N–H and O–H groups in total. The second kappa shape index (κ2) is 11.3. The number of carbonyl (C=O) groups is 1. The summed E-state index contributed by atoms with van der Waals surface area (Å²) in [7, 11) is -2.85.